The van der Waals surface area contributed by atoms with Gasteiger partial charge in [0.15, 0.2) is 0 Å². The molecule has 1 N–H and O–H groups in total. The summed E-state index contributed by atoms with van der Waals surface area (Å²) in [6, 6.07) is 23.4. The van der Waals surface area contributed by atoms with Gasteiger partial charge in [-0.05, 0) is 60.4 Å². The molecule has 0 unspecified atom stereocenters. The summed E-state index contributed by atoms with van der Waals surface area (Å²) in [5.74, 6) is 0. The van der Waals surface area contributed by atoms with Crippen LogP contribution in [0.25, 0.3) is 16.0 Å². The van der Waals surface area contributed by atoms with Crippen LogP contribution in [0.4, 0.5) is 11.4 Å². The summed E-state index contributed by atoms with van der Waals surface area (Å²) < 4.78 is 0. The SMILES string of the molecule is C1=CC(c2ccc(-c3ccc(Nc4ccccc4)cc3)s2)=CCC1. The van der Waals surface area contributed by atoms with Gasteiger partial charge in [-0.15, -0.1) is 11.3 Å². The van der Waals surface area contributed by atoms with Crippen LogP contribution in [0, 0.1) is 0 Å². The van der Waals surface area contributed by atoms with E-state index in [9.17, 15) is 0 Å². The van der Waals surface area contributed by atoms with Gasteiger partial charge in [0.1, 0.15) is 0 Å². The van der Waals surface area contributed by atoms with Gasteiger partial charge in [-0.1, -0.05) is 48.6 Å². The minimum absolute atomic E-state index is 1.11. The minimum Gasteiger partial charge on any atom is -0.356 e. The van der Waals surface area contributed by atoms with Crippen molar-refractivity contribution in [1.82, 2.24) is 0 Å². The summed E-state index contributed by atoms with van der Waals surface area (Å²) in [7, 11) is 0. The molecular weight excluding hydrogens is 310 g/mol. The molecule has 24 heavy (non-hydrogen) atoms. The molecule has 0 fully saturated rings. The van der Waals surface area contributed by atoms with Crippen LogP contribution in [0.5, 0.6) is 0 Å². The number of thiophene rings is 1. The molecule has 2 aromatic carbocycles. The molecule has 4 rings (SSSR count). The second-order valence-corrected chi connectivity index (χ2v) is 6.96. The topological polar surface area (TPSA) is 12.0 Å². The molecule has 1 aliphatic carbocycles. The first-order valence-electron chi connectivity index (χ1n) is 8.28. The number of hydrogen-bond donors (Lipinski definition) is 1. The van der Waals surface area contributed by atoms with E-state index in [1.807, 2.05) is 29.5 Å². The molecule has 0 radical (unpaired) electrons. The molecule has 0 aliphatic heterocycles. The van der Waals surface area contributed by atoms with Crippen molar-refractivity contribution in [3.05, 3.63) is 89.8 Å². The number of allylic oxidation sites excluding steroid dienone is 4. The Kier molecular flexibility index (Phi) is 4.30. The Bertz CT molecular complexity index is 870. The zero-order valence-electron chi connectivity index (χ0n) is 13.4. The van der Waals surface area contributed by atoms with Crippen LogP contribution in [0.2, 0.25) is 0 Å². The fourth-order valence-corrected chi connectivity index (χ4v) is 3.88. The van der Waals surface area contributed by atoms with Gasteiger partial charge < -0.3 is 5.32 Å². The highest BCUT2D eigenvalue weighted by molar-refractivity contribution is 7.16. The Morgan fingerprint density at radius 3 is 2.21 bits per heavy atom. The third-order valence-electron chi connectivity index (χ3n) is 4.12. The zero-order chi connectivity index (χ0) is 16.2. The summed E-state index contributed by atoms with van der Waals surface area (Å²) in [6.07, 6.45) is 9.16. The fourth-order valence-electron chi connectivity index (χ4n) is 2.85. The van der Waals surface area contributed by atoms with Gasteiger partial charge in [-0.25, -0.2) is 0 Å². The van der Waals surface area contributed by atoms with Gasteiger partial charge in [0, 0.05) is 21.1 Å². The smallest absolute Gasteiger partial charge is 0.0384 e. The lowest BCUT2D eigenvalue weighted by Crippen LogP contribution is -1.88. The fraction of sp³-hybridized carbons (Fsp3) is 0.0909. The first-order valence-corrected chi connectivity index (χ1v) is 9.09. The van der Waals surface area contributed by atoms with Gasteiger partial charge in [0.05, 0.1) is 0 Å². The second kappa shape index (κ2) is 6.90. The molecule has 0 saturated carbocycles. The van der Waals surface area contributed by atoms with Crippen molar-refractivity contribution >= 4 is 28.3 Å². The molecule has 0 atom stereocenters. The van der Waals surface area contributed by atoms with Crippen molar-refractivity contribution in [2.24, 2.45) is 0 Å². The molecule has 0 bridgehead atoms. The largest absolute Gasteiger partial charge is 0.356 e. The van der Waals surface area contributed by atoms with Crippen LogP contribution in [0.1, 0.15) is 17.7 Å². The van der Waals surface area contributed by atoms with E-state index in [2.05, 4.69) is 72.1 Å². The molecule has 1 nitrogen and oxygen atoms in total. The van der Waals surface area contributed by atoms with E-state index in [0.29, 0.717) is 0 Å². The van der Waals surface area contributed by atoms with E-state index < -0.39 is 0 Å². The lowest BCUT2D eigenvalue weighted by Gasteiger charge is -2.07. The van der Waals surface area contributed by atoms with Crippen LogP contribution in [-0.2, 0) is 0 Å². The van der Waals surface area contributed by atoms with Crippen LogP contribution >= 0.6 is 11.3 Å². The Balaban J connectivity index is 1.52. The van der Waals surface area contributed by atoms with Crippen molar-refractivity contribution < 1.29 is 0 Å². The molecular formula is C22H19NS. The van der Waals surface area contributed by atoms with Gasteiger partial charge in [-0.3, -0.25) is 0 Å². The van der Waals surface area contributed by atoms with Gasteiger partial charge >= 0.3 is 0 Å². The van der Waals surface area contributed by atoms with E-state index in [-0.39, 0.29) is 0 Å². The van der Waals surface area contributed by atoms with Gasteiger partial charge in [-0.2, -0.15) is 0 Å². The predicted molar refractivity (Wildman–Crippen MR) is 106 cm³/mol. The quantitative estimate of drug-likeness (QED) is 0.549. The highest BCUT2D eigenvalue weighted by Crippen LogP contribution is 2.34. The Morgan fingerprint density at radius 1 is 0.708 bits per heavy atom. The number of nitrogens with one attached hydrogen (secondary N) is 1. The van der Waals surface area contributed by atoms with Crippen LogP contribution in [-0.4, -0.2) is 0 Å². The normalized spacial score (nSPS) is 13.6. The van der Waals surface area contributed by atoms with Crippen molar-refractivity contribution in [2.45, 2.75) is 12.8 Å². The lowest BCUT2D eigenvalue weighted by molar-refractivity contribution is 1.04. The molecule has 0 saturated heterocycles. The average molecular weight is 329 g/mol. The van der Waals surface area contributed by atoms with Crippen LogP contribution < -0.4 is 5.32 Å². The molecule has 1 aromatic heterocycles. The van der Waals surface area contributed by atoms with E-state index >= 15 is 0 Å². The maximum absolute atomic E-state index is 3.42. The third-order valence-corrected chi connectivity index (χ3v) is 5.30. The van der Waals surface area contributed by atoms with E-state index in [1.54, 1.807) is 0 Å². The Labute approximate surface area is 147 Å². The number of anilines is 2. The molecule has 0 amide bonds. The molecule has 1 aliphatic rings. The first-order chi connectivity index (χ1) is 11.9. The zero-order valence-corrected chi connectivity index (χ0v) is 14.2. The maximum Gasteiger partial charge on any atom is 0.0384 e. The number of rotatable bonds is 4. The molecule has 3 aromatic rings. The van der Waals surface area contributed by atoms with Gasteiger partial charge in [0.25, 0.3) is 0 Å². The van der Waals surface area contributed by atoms with E-state index in [1.165, 1.54) is 20.9 Å². The molecule has 2 heteroatoms. The van der Waals surface area contributed by atoms with Crippen LogP contribution in [0.15, 0.2) is 85.0 Å². The van der Waals surface area contributed by atoms with Crippen LogP contribution in [0.3, 0.4) is 0 Å². The molecule has 1 heterocycles. The summed E-state index contributed by atoms with van der Waals surface area (Å²) in [6.45, 7) is 0. The maximum atomic E-state index is 3.42. The summed E-state index contributed by atoms with van der Waals surface area (Å²) in [5, 5.41) is 3.42. The standard InChI is InChI=1S/C22H19NS/c1-3-7-17(8-4-1)21-15-16-22(24-21)18-11-13-20(14-12-18)23-19-9-5-2-6-10-19/h2-3,5-16,23H,1,4H2. The van der Waals surface area contributed by atoms with Gasteiger partial charge in [0.2, 0.25) is 0 Å². The second-order valence-electron chi connectivity index (χ2n) is 5.87. The predicted octanol–water partition coefficient (Wildman–Crippen LogP) is 6.89. The van der Waals surface area contributed by atoms with Crippen molar-refractivity contribution in [1.29, 1.82) is 0 Å². The Morgan fingerprint density at radius 2 is 1.46 bits per heavy atom. The first kappa shape index (κ1) is 15.0. The van der Waals surface area contributed by atoms with Crippen molar-refractivity contribution in [3.8, 4) is 10.4 Å². The van der Waals surface area contributed by atoms with Crippen molar-refractivity contribution in [2.75, 3.05) is 5.32 Å². The molecule has 0 spiro atoms. The monoisotopic (exact) mass is 329 g/mol. The summed E-state index contributed by atoms with van der Waals surface area (Å²) in [4.78, 5) is 2.67. The molecule has 118 valence electrons. The van der Waals surface area contributed by atoms with Crippen molar-refractivity contribution in [3.63, 3.8) is 0 Å². The average Bonchev–Trinajstić information content (AvgIpc) is 3.14. The van der Waals surface area contributed by atoms with E-state index in [4.69, 9.17) is 0 Å². The summed E-state index contributed by atoms with van der Waals surface area (Å²) in [5.41, 5.74) is 4.85. The highest BCUT2D eigenvalue weighted by atomic mass is 32.1. The number of benzene rings is 2. The number of para-hydroxylation sites is 1. The minimum atomic E-state index is 1.11. The lowest BCUT2D eigenvalue weighted by atomic mass is 10.1. The Hall–Kier alpha value is -2.58. The number of hydrogen-bond acceptors (Lipinski definition) is 2. The summed E-state index contributed by atoms with van der Waals surface area (Å²) >= 11 is 1.86. The van der Waals surface area contributed by atoms with E-state index in [0.717, 1.165) is 24.2 Å². The highest BCUT2D eigenvalue weighted by Gasteiger charge is 2.07. The third kappa shape index (κ3) is 3.34.